The summed E-state index contributed by atoms with van der Waals surface area (Å²) in [7, 11) is 0. The molecule has 1 saturated heterocycles. The number of alkyl halides is 3. The molecule has 0 spiro atoms. The monoisotopic (exact) mass is 384 g/mol. The van der Waals surface area contributed by atoms with Crippen LogP contribution in [0, 0.1) is 5.92 Å². The molecule has 1 fully saturated rings. The topological polar surface area (TPSA) is 81.4 Å². The number of carbonyl (C=O) groups excluding carboxylic acids is 2. The Morgan fingerprint density at radius 3 is 2.50 bits per heavy atom. The van der Waals surface area contributed by atoms with Crippen LogP contribution >= 0.6 is 23.2 Å². The molecule has 1 aliphatic heterocycles. The fraction of sp³-hybridized carbons (Fsp3) is 0.429. The van der Waals surface area contributed by atoms with Gasteiger partial charge in [-0.25, -0.2) is 4.79 Å². The standard InChI is InChI=1S/C14H13Cl2F3N2O3/c15-8-3-7(12(20)6-1-2-11(22)21-5-6)10(4-9(8)16)24-13(23)14(17,18)19/h3-4,6,12H,1-2,5,20H2,(H,21,22). The van der Waals surface area contributed by atoms with Crippen LogP contribution in [0.5, 0.6) is 5.75 Å². The first kappa shape index (κ1) is 18.8. The minimum atomic E-state index is -5.16. The summed E-state index contributed by atoms with van der Waals surface area (Å²) in [5.41, 5.74) is 6.21. The normalized spacial score (nSPS) is 19.6. The van der Waals surface area contributed by atoms with Gasteiger partial charge in [0.2, 0.25) is 5.91 Å². The van der Waals surface area contributed by atoms with Crippen molar-refractivity contribution < 1.29 is 27.5 Å². The number of hydrogen-bond donors (Lipinski definition) is 2. The number of esters is 1. The minimum Gasteiger partial charge on any atom is -0.419 e. The van der Waals surface area contributed by atoms with Crippen molar-refractivity contribution in [2.75, 3.05) is 6.54 Å². The fourth-order valence-corrected chi connectivity index (χ4v) is 2.69. The lowest BCUT2D eigenvalue weighted by Crippen LogP contribution is -2.40. The second-order valence-corrected chi connectivity index (χ2v) is 6.13. The highest BCUT2D eigenvalue weighted by Crippen LogP contribution is 2.38. The van der Waals surface area contributed by atoms with E-state index in [1.165, 1.54) is 6.07 Å². The summed E-state index contributed by atoms with van der Waals surface area (Å²) in [6.45, 7) is 0.257. The molecule has 5 nitrogen and oxygen atoms in total. The van der Waals surface area contributed by atoms with Crippen molar-refractivity contribution in [2.24, 2.45) is 11.7 Å². The lowest BCUT2D eigenvalue weighted by atomic mass is 9.87. The highest BCUT2D eigenvalue weighted by molar-refractivity contribution is 6.42. The Labute approximate surface area is 145 Å². The quantitative estimate of drug-likeness (QED) is 0.619. The average Bonchev–Trinajstić information content (AvgIpc) is 2.49. The first-order valence-electron chi connectivity index (χ1n) is 6.90. The second-order valence-electron chi connectivity index (χ2n) is 5.32. The molecular weight excluding hydrogens is 372 g/mol. The van der Waals surface area contributed by atoms with Crippen LogP contribution in [0.15, 0.2) is 12.1 Å². The molecule has 1 heterocycles. The van der Waals surface area contributed by atoms with Gasteiger partial charge in [-0.1, -0.05) is 23.2 Å². The van der Waals surface area contributed by atoms with Crippen molar-refractivity contribution in [1.82, 2.24) is 5.32 Å². The highest BCUT2D eigenvalue weighted by atomic mass is 35.5. The molecule has 1 aromatic carbocycles. The molecule has 2 atom stereocenters. The Bertz CT molecular complexity index is 657. The van der Waals surface area contributed by atoms with E-state index in [9.17, 15) is 22.8 Å². The number of nitrogens with two attached hydrogens (primary N) is 1. The van der Waals surface area contributed by atoms with Crippen molar-refractivity contribution >= 4 is 35.1 Å². The van der Waals surface area contributed by atoms with Gasteiger partial charge in [-0.05, 0) is 18.4 Å². The summed E-state index contributed by atoms with van der Waals surface area (Å²) in [5.74, 6) is -3.16. The third-order valence-electron chi connectivity index (χ3n) is 3.66. The molecule has 0 radical (unpaired) electrons. The Kier molecular flexibility index (Phi) is 5.62. The predicted molar refractivity (Wildman–Crippen MR) is 80.8 cm³/mol. The summed E-state index contributed by atoms with van der Waals surface area (Å²) < 4.78 is 41.7. The molecule has 2 rings (SSSR count). The smallest absolute Gasteiger partial charge is 0.419 e. The van der Waals surface area contributed by atoms with Gasteiger partial charge < -0.3 is 15.8 Å². The molecular formula is C14H13Cl2F3N2O3. The molecule has 3 N–H and O–H groups in total. The molecule has 2 unspecified atom stereocenters. The highest BCUT2D eigenvalue weighted by Gasteiger charge is 2.42. The van der Waals surface area contributed by atoms with Gasteiger partial charge in [0.25, 0.3) is 0 Å². The van der Waals surface area contributed by atoms with Crippen molar-refractivity contribution in [2.45, 2.75) is 25.1 Å². The van der Waals surface area contributed by atoms with Gasteiger partial charge >= 0.3 is 12.1 Å². The summed E-state index contributed by atoms with van der Waals surface area (Å²) in [6, 6.07) is 1.49. The van der Waals surface area contributed by atoms with E-state index in [4.69, 9.17) is 28.9 Å². The molecule has 0 aliphatic carbocycles. The molecule has 132 valence electrons. The van der Waals surface area contributed by atoms with Gasteiger partial charge in [0, 0.05) is 30.6 Å². The van der Waals surface area contributed by atoms with E-state index in [0.717, 1.165) is 6.07 Å². The maximum atomic E-state index is 12.4. The Morgan fingerprint density at radius 2 is 1.96 bits per heavy atom. The SMILES string of the molecule is NC(c1cc(Cl)c(Cl)cc1OC(=O)C(F)(F)F)C1CCC(=O)NC1. The fourth-order valence-electron chi connectivity index (χ4n) is 2.36. The number of hydrogen-bond acceptors (Lipinski definition) is 4. The summed E-state index contributed by atoms with van der Waals surface area (Å²) in [4.78, 5) is 22.3. The van der Waals surface area contributed by atoms with Crippen molar-refractivity contribution in [3.63, 3.8) is 0 Å². The second kappa shape index (κ2) is 7.16. The maximum absolute atomic E-state index is 12.4. The lowest BCUT2D eigenvalue weighted by molar-refractivity contribution is -0.189. The van der Waals surface area contributed by atoms with Crippen LogP contribution in [-0.2, 0) is 9.59 Å². The number of carbonyl (C=O) groups is 2. The van der Waals surface area contributed by atoms with E-state index in [2.05, 4.69) is 10.1 Å². The van der Waals surface area contributed by atoms with E-state index in [1.54, 1.807) is 0 Å². The molecule has 24 heavy (non-hydrogen) atoms. The first-order valence-corrected chi connectivity index (χ1v) is 7.65. The van der Waals surface area contributed by atoms with E-state index < -0.39 is 23.9 Å². The molecule has 10 heteroatoms. The largest absolute Gasteiger partial charge is 0.491 e. The zero-order valence-corrected chi connectivity index (χ0v) is 13.6. The van der Waals surface area contributed by atoms with Crippen LogP contribution < -0.4 is 15.8 Å². The number of piperidine rings is 1. The van der Waals surface area contributed by atoms with Crippen LogP contribution in [-0.4, -0.2) is 24.6 Å². The van der Waals surface area contributed by atoms with E-state index in [-0.39, 0.29) is 40.4 Å². The molecule has 0 bridgehead atoms. The number of rotatable bonds is 3. The summed E-state index contributed by atoms with van der Waals surface area (Å²) in [6.07, 6.45) is -4.47. The van der Waals surface area contributed by atoms with E-state index in [0.29, 0.717) is 6.42 Å². The molecule has 0 saturated carbocycles. The number of amides is 1. The lowest BCUT2D eigenvalue weighted by Gasteiger charge is -2.29. The van der Waals surface area contributed by atoms with Crippen LogP contribution in [0.25, 0.3) is 0 Å². The van der Waals surface area contributed by atoms with Gasteiger partial charge in [-0.2, -0.15) is 13.2 Å². The Balaban J connectivity index is 2.32. The maximum Gasteiger partial charge on any atom is 0.491 e. The predicted octanol–water partition coefficient (Wildman–Crippen LogP) is 2.99. The number of ether oxygens (including phenoxy) is 1. The van der Waals surface area contributed by atoms with Crippen LogP contribution in [0.2, 0.25) is 10.0 Å². The zero-order chi connectivity index (χ0) is 18.1. The third kappa shape index (κ3) is 4.31. The zero-order valence-electron chi connectivity index (χ0n) is 12.1. The summed E-state index contributed by atoms with van der Waals surface area (Å²) >= 11 is 11.7. The van der Waals surface area contributed by atoms with Crippen molar-refractivity contribution in [3.8, 4) is 5.75 Å². The van der Waals surface area contributed by atoms with E-state index in [1.807, 2.05) is 0 Å². The van der Waals surface area contributed by atoms with Crippen LogP contribution in [0.3, 0.4) is 0 Å². The average molecular weight is 385 g/mol. The van der Waals surface area contributed by atoms with Gasteiger partial charge in [-0.15, -0.1) is 0 Å². The number of nitrogens with one attached hydrogen (secondary N) is 1. The third-order valence-corrected chi connectivity index (χ3v) is 4.38. The minimum absolute atomic E-state index is 0.0637. The summed E-state index contributed by atoms with van der Waals surface area (Å²) in [5, 5.41) is 2.62. The number of benzene rings is 1. The molecule has 0 aromatic heterocycles. The molecule has 1 amide bonds. The van der Waals surface area contributed by atoms with Crippen molar-refractivity contribution in [3.05, 3.63) is 27.7 Å². The molecule has 1 aromatic rings. The Morgan fingerprint density at radius 1 is 1.33 bits per heavy atom. The van der Waals surface area contributed by atoms with Gasteiger partial charge in [0.05, 0.1) is 10.0 Å². The first-order chi connectivity index (χ1) is 11.1. The molecule has 1 aliphatic rings. The van der Waals surface area contributed by atoms with Crippen LogP contribution in [0.1, 0.15) is 24.4 Å². The number of halogens is 5. The van der Waals surface area contributed by atoms with E-state index >= 15 is 0 Å². The Hall–Kier alpha value is -1.51. The van der Waals surface area contributed by atoms with Gasteiger partial charge in [0.15, 0.2) is 0 Å². The van der Waals surface area contributed by atoms with Gasteiger partial charge in [-0.3, -0.25) is 4.79 Å². The van der Waals surface area contributed by atoms with Crippen LogP contribution in [0.4, 0.5) is 13.2 Å². The van der Waals surface area contributed by atoms with Gasteiger partial charge in [0.1, 0.15) is 5.75 Å². The van der Waals surface area contributed by atoms with Crippen molar-refractivity contribution in [1.29, 1.82) is 0 Å².